The molecular weight excluding hydrogens is 224 g/mol. The van der Waals surface area contributed by atoms with Crippen molar-refractivity contribution in [3.8, 4) is 6.07 Å². The van der Waals surface area contributed by atoms with E-state index >= 15 is 0 Å². The largest absolute Gasteiger partial charge is 0.327 e. The smallest absolute Gasteiger partial charge is 0.0629 e. The Morgan fingerprint density at radius 3 is 2.72 bits per heavy atom. The first-order chi connectivity index (χ1) is 8.60. The summed E-state index contributed by atoms with van der Waals surface area (Å²) in [6.45, 7) is 7.18. The number of hydrogen-bond acceptors (Lipinski definition) is 3. The average Bonchev–Trinajstić information content (AvgIpc) is 2.62. The highest BCUT2D eigenvalue weighted by Crippen LogP contribution is 2.16. The second kappa shape index (κ2) is 7.17. The van der Waals surface area contributed by atoms with Crippen molar-refractivity contribution in [2.24, 2.45) is 5.73 Å². The van der Waals surface area contributed by atoms with E-state index in [1.807, 2.05) is 0 Å². The topological polar surface area (TPSA) is 67.6 Å². The van der Waals surface area contributed by atoms with Gasteiger partial charge in [0, 0.05) is 24.7 Å². The molecule has 4 nitrogen and oxygen atoms in total. The Hall–Kier alpha value is -1.34. The second-order valence-electron chi connectivity index (χ2n) is 4.86. The summed E-state index contributed by atoms with van der Waals surface area (Å²) in [6, 6.07) is 2.39. The van der Waals surface area contributed by atoms with E-state index in [1.54, 1.807) is 0 Å². The molecule has 1 unspecified atom stereocenters. The van der Waals surface area contributed by atoms with Crippen LogP contribution in [-0.2, 0) is 13.0 Å². The van der Waals surface area contributed by atoms with Crippen molar-refractivity contribution in [3.05, 3.63) is 17.0 Å². The number of rotatable bonds is 7. The van der Waals surface area contributed by atoms with Gasteiger partial charge in [-0.3, -0.25) is 4.68 Å². The van der Waals surface area contributed by atoms with E-state index in [9.17, 15) is 0 Å². The van der Waals surface area contributed by atoms with Gasteiger partial charge >= 0.3 is 0 Å². The van der Waals surface area contributed by atoms with Crippen LogP contribution in [0, 0.1) is 25.2 Å². The van der Waals surface area contributed by atoms with Crippen LogP contribution in [-0.4, -0.2) is 15.8 Å². The van der Waals surface area contributed by atoms with Crippen LogP contribution in [0.2, 0.25) is 0 Å². The summed E-state index contributed by atoms with van der Waals surface area (Å²) in [4.78, 5) is 0. The summed E-state index contributed by atoms with van der Waals surface area (Å²) in [5.74, 6) is 0. The number of unbranched alkanes of at least 4 members (excludes halogenated alkanes) is 2. The van der Waals surface area contributed by atoms with Crippen molar-refractivity contribution in [1.29, 1.82) is 5.26 Å². The SMILES string of the molecule is CCC(N)Cc1c(C)nn(CCCCC#N)c1C. The maximum absolute atomic E-state index is 8.51. The van der Waals surface area contributed by atoms with Gasteiger partial charge in [0.2, 0.25) is 0 Å². The lowest BCUT2D eigenvalue weighted by molar-refractivity contribution is 0.546. The fraction of sp³-hybridized carbons (Fsp3) is 0.714. The third-order valence-corrected chi connectivity index (χ3v) is 3.43. The van der Waals surface area contributed by atoms with Crippen LogP contribution in [0.25, 0.3) is 0 Å². The molecule has 0 amide bonds. The van der Waals surface area contributed by atoms with E-state index in [4.69, 9.17) is 11.0 Å². The highest BCUT2D eigenvalue weighted by molar-refractivity contribution is 5.25. The molecule has 0 fully saturated rings. The average molecular weight is 248 g/mol. The van der Waals surface area contributed by atoms with Crippen molar-refractivity contribution in [1.82, 2.24) is 9.78 Å². The van der Waals surface area contributed by atoms with Gasteiger partial charge in [0.1, 0.15) is 0 Å². The zero-order valence-electron chi connectivity index (χ0n) is 11.7. The summed E-state index contributed by atoms with van der Waals surface area (Å²) in [5.41, 5.74) is 9.64. The monoisotopic (exact) mass is 248 g/mol. The van der Waals surface area contributed by atoms with Gasteiger partial charge < -0.3 is 5.73 Å². The van der Waals surface area contributed by atoms with Crippen molar-refractivity contribution < 1.29 is 0 Å². The van der Waals surface area contributed by atoms with Crippen molar-refractivity contribution in [3.63, 3.8) is 0 Å². The zero-order valence-corrected chi connectivity index (χ0v) is 11.7. The van der Waals surface area contributed by atoms with Crippen molar-refractivity contribution in [2.45, 2.75) is 65.5 Å². The van der Waals surface area contributed by atoms with E-state index in [2.05, 4.69) is 36.6 Å². The summed E-state index contributed by atoms with van der Waals surface area (Å²) in [6.07, 6.45) is 4.49. The molecule has 1 atom stereocenters. The van der Waals surface area contributed by atoms with E-state index in [0.29, 0.717) is 6.42 Å². The Kier molecular flexibility index (Phi) is 5.87. The Balaban J connectivity index is 2.65. The van der Waals surface area contributed by atoms with Crippen molar-refractivity contribution >= 4 is 0 Å². The molecule has 0 spiro atoms. The minimum Gasteiger partial charge on any atom is -0.327 e. The molecule has 0 radical (unpaired) electrons. The minimum absolute atomic E-state index is 0.221. The van der Waals surface area contributed by atoms with Crippen molar-refractivity contribution in [2.75, 3.05) is 0 Å². The molecule has 1 aromatic rings. The summed E-state index contributed by atoms with van der Waals surface area (Å²) >= 11 is 0. The molecule has 0 aromatic carbocycles. The first-order valence-electron chi connectivity index (χ1n) is 6.75. The quantitative estimate of drug-likeness (QED) is 0.754. The Morgan fingerprint density at radius 2 is 2.11 bits per heavy atom. The van der Waals surface area contributed by atoms with E-state index in [0.717, 1.165) is 37.9 Å². The van der Waals surface area contributed by atoms with Crippen LogP contribution in [0.4, 0.5) is 0 Å². The second-order valence-corrected chi connectivity index (χ2v) is 4.86. The summed E-state index contributed by atoms with van der Waals surface area (Å²) in [5, 5.41) is 13.1. The van der Waals surface area contributed by atoms with Crippen LogP contribution in [0.15, 0.2) is 0 Å². The Bertz CT molecular complexity index is 414. The van der Waals surface area contributed by atoms with Crippen LogP contribution in [0.1, 0.15) is 49.6 Å². The van der Waals surface area contributed by atoms with Gasteiger partial charge in [0.05, 0.1) is 11.8 Å². The molecule has 0 aliphatic rings. The fourth-order valence-electron chi connectivity index (χ4n) is 2.12. The number of nitriles is 1. The summed E-state index contributed by atoms with van der Waals surface area (Å²) in [7, 11) is 0. The number of aromatic nitrogens is 2. The molecular formula is C14H24N4. The molecule has 18 heavy (non-hydrogen) atoms. The lowest BCUT2D eigenvalue weighted by atomic mass is 10.0. The molecule has 2 N–H and O–H groups in total. The number of hydrogen-bond donors (Lipinski definition) is 1. The highest BCUT2D eigenvalue weighted by Gasteiger charge is 2.13. The van der Waals surface area contributed by atoms with Crippen LogP contribution in [0.5, 0.6) is 0 Å². The van der Waals surface area contributed by atoms with Gasteiger partial charge in [0.25, 0.3) is 0 Å². The third kappa shape index (κ3) is 3.85. The first-order valence-corrected chi connectivity index (χ1v) is 6.75. The normalized spacial score (nSPS) is 12.4. The van der Waals surface area contributed by atoms with E-state index in [-0.39, 0.29) is 6.04 Å². The Morgan fingerprint density at radius 1 is 1.39 bits per heavy atom. The molecule has 0 aliphatic heterocycles. The minimum atomic E-state index is 0.221. The maximum Gasteiger partial charge on any atom is 0.0629 e. The van der Waals surface area contributed by atoms with E-state index in [1.165, 1.54) is 11.3 Å². The van der Waals surface area contributed by atoms with Crippen LogP contribution >= 0.6 is 0 Å². The van der Waals surface area contributed by atoms with Gasteiger partial charge in [-0.2, -0.15) is 10.4 Å². The zero-order chi connectivity index (χ0) is 13.5. The van der Waals surface area contributed by atoms with Crippen LogP contribution in [0.3, 0.4) is 0 Å². The molecule has 4 heteroatoms. The van der Waals surface area contributed by atoms with Gasteiger partial charge in [-0.25, -0.2) is 0 Å². The number of nitrogens with zero attached hydrogens (tertiary/aromatic N) is 3. The lowest BCUT2D eigenvalue weighted by Gasteiger charge is -2.09. The van der Waals surface area contributed by atoms with E-state index < -0.39 is 0 Å². The Labute approximate surface area is 110 Å². The first kappa shape index (κ1) is 14.7. The maximum atomic E-state index is 8.51. The fourth-order valence-corrected chi connectivity index (χ4v) is 2.12. The standard InChI is InChI=1S/C14H24N4/c1-4-13(16)10-14-11(2)17-18(12(14)3)9-7-5-6-8-15/h13H,4-7,9-10,16H2,1-3H3. The number of aryl methyl sites for hydroxylation is 2. The molecule has 1 rings (SSSR count). The molecule has 100 valence electrons. The number of nitrogens with two attached hydrogens (primary N) is 1. The molecule has 0 saturated heterocycles. The summed E-state index contributed by atoms with van der Waals surface area (Å²) < 4.78 is 2.06. The predicted molar refractivity (Wildman–Crippen MR) is 73.1 cm³/mol. The van der Waals surface area contributed by atoms with Gasteiger partial charge in [0.15, 0.2) is 0 Å². The van der Waals surface area contributed by atoms with Gasteiger partial charge in [-0.1, -0.05) is 6.92 Å². The van der Waals surface area contributed by atoms with Crippen LogP contribution < -0.4 is 5.73 Å². The molecule has 0 aliphatic carbocycles. The molecule has 0 bridgehead atoms. The van der Waals surface area contributed by atoms with Gasteiger partial charge in [-0.15, -0.1) is 0 Å². The van der Waals surface area contributed by atoms with Gasteiger partial charge in [-0.05, 0) is 45.1 Å². The lowest BCUT2D eigenvalue weighted by Crippen LogP contribution is -2.22. The molecule has 0 saturated carbocycles. The molecule has 1 heterocycles. The predicted octanol–water partition coefficient (Wildman–Crippen LogP) is 2.47. The highest BCUT2D eigenvalue weighted by atomic mass is 15.3. The third-order valence-electron chi connectivity index (χ3n) is 3.43. The molecule has 1 aromatic heterocycles.